The zero-order chi connectivity index (χ0) is 12.8. The van der Waals surface area contributed by atoms with Gasteiger partial charge in [-0.25, -0.2) is 8.42 Å². The molecule has 1 aromatic heterocycles. The van der Waals surface area contributed by atoms with Crippen molar-refractivity contribution in [3.05, 3.63) is 5.82 Å². The van der Waals surface area contributed by atoms with Crippen LogP contribution < -0.4 is 0 Å². The zero-order valence-corrected chi connectivity index (χ0v) is 9.59. The van der Waals surface area contributed by atoms with Gasteiger partial charge in [-0.15, -0.1) is 10.2 Å². The third-order valence-electron chi connectivity index (χ3n) is 2.46. The van der Waals surface area contributed by atoms with Crippen LogP contribution in [0.3, 0.4) is 0 Å². The number of hydrogen-bond acceptors (Lipinski definition) is 5. The van der Waals surface area contributed by atoms with E-state index in [1.807, 2.05) is 4.90 Å². The summed E-state index contributed by atoms with van der Waals surface area (Å²) < 4.78 is 60.5. The van der Waals surface area contributed by atoms with Crippen LogP contribution >= 0.6 is 0 Å². The first-order valence-electron chi connectivity index (χ1n) is 4.65. The minimum atomic E-state index is -5.42. The van der Waals surface area contributed by atoms with Gasteiger partial charge in [0.25, 0.3) is 5.16 Å². The average molecular weight is 270 g/mol. The lowest BCUT2D eigenvalue weighted by atomic mass is 10.4. The van der Waals surface area contributed by atoms with Gasteiger partial charge in [-0.05, 0) is 7.05 Å². The van der Waals surface area contributed by atoms with E-state index in [0.29, 0.717) is 6.54 Å². The molecule has 0 unspecified atom stereocenters. The Morgan fingerprint density at radius 3 is 2.47 bits per heavy atom. The minimum absolute atomic E-state index is 0.128. The van der Waals surface area contributed by atoms with Crippen molar-refractivity contribution in [3.63, 3.8) is 0 Å². The second-order valence-electron chi connectivity index (χ2n) is 3.74. The molecule has 17 heavy (non-hydrogen) atoms. The van der Waals surface area contributed by atoms with Crippen LogP contribution in [0.1, 0.15) is 5.82 Å². The maximum atomic E-state index is 12.4. The monoisotopic (exact) mass is 270 g/mol. The SMILES string of the molecule is CN1CCn2c(nnc2S(=O)(=O)C(F)(F)F)C1. The number of rotatable bonds is 1. The number of alkyl halides is 3. The first-order chi connectivity index (χ1) is 7.73. The zero-order valence-electron chi connectivity index (χ0n) is 8.77. The van der Waals surface area contributed by atoms with E-state index in [4.69, 9.17) is 0 Å². The van der Waals surface area contributed by atoms with Crippen LogP contribution in [0.15, 0.2) is 5.16 Å². The van der Waals surface area contributed by atoms with Gasteiger partial charge in [0.1, 0.15) is 5.82 Å². The Hall–Kier alpha value is -1.16. The minimum Gasteiger partial charge on any atom is -0.299 e. The van der Waals surface area contributed by atoms with Gasteiger partial charge < -0.3 is 0 Å². The van der Waals surface area contributed by atoms with Gasteiger partial charge in [0.05, 0.1) is 6.54 Å². The summed E-state index contributed by atoms with van der Waals surface area (Å²) in [4.78, 5) is 1.81. The Morgan fingerprint density at radius 2 is 1.88 bits per heavy atom. The van der Waals surface area contributed by atoms with E-state index < -0.39 is 20.5 Å². The van der Waals surface area contributed by atoms with Crippen LogP contribution in [0, 0.1) is 0 Å². The smallest absolute Gasteiger partial charge is 0.299 e. The lowest BCUT2D eigenvalue weighted by molar-refractivity contribution is -0.0442. The Labute approximate surface area is 95.0 Å². The van der Waals surface area contributed by atoms with E-state index in [2.05, 4.69) is 10.2 Å². The number of nitrogens with zero attached hydrogens (tertiary/aromatic N) is 4. The van der Waals surface area contributed by atoms with Gasteiger partial charge in [-0.3, -0.25) is 9.47 Å². The summed E-state index contributed by atoms with van der Waals surface area (Å²) >= 11 is 0. The van der Waals surface area contributed by atoms with E-state index in [1.54, 1.807) is 7.05 Å². The summed E-state index contributed by atoms with van der Waals surface area (Å²) in [6.45, 7) is 0.856. The highest BCUT2D eigenvalue weighted by Gasteiger charge is 2.50. The molecule has 0 saturated heterocycles. The maximum Gasteiger partial charge on any atom is 0.505 e. The molecule has 6 nitrogen and oxygen atoms in total. The summed E-state index contributed by atoms with van der Waals surface area (Å²) in [6, 6.07) is 0. The van der Waals surface area contributed by atoms with E-state index >= 15 is 0 Å². The molecule has 0 saturated carbocycles. The molecule has 0 fully saturated rings. The van der Waals surface area contributed by atoms with Crippen molar-refractivity contribution in [1.82, 2.24) is 19.7 Å². The van der Waals surface area contributed by atoms with E-state index in [1.165, 1.54) is 0 Å². The summed E-state index contributed by atoms with van der Waals surface area (Å²) in [5.74, 6) is 0.224. The van der Waals surface area contributed by atoms with Crippen LogP contribution in [-0.4, -0.2) is 47.2 Å². The lowest BCUT2D eigenvalue weighted by Gasteiger charge is -2.23. The van der Waals surface area contributed by atoms with E-state index in [9.17, 15) is 21.6 Å². The molecule has 1 aromatic rings. The van der Waals surface area contributed by atoms with Crippen LogP contribution in [0.5, 0.6) is 0 Å². The number of aromatic nitrogens is 3. The molecule has 0 aromatic carbocycles. The molecule has 0 radical (unpaired) electrons. The molecule has 10 heteroatoms. The first-order valence-corrected chi connectivity index (χ1v) is 6.14. The summed E-state index contributed by atoms with van der Waals surface area (Å²) in [5, 5.41) is 5.61. The van der Waals surface area contributed by atoms with Crippen molar-refractivity contribution < 1.29 is 21.6 Å². The molecule has 96 valence electrons. The Morgan fingerprint density at radius 1 is 1.24 bits per heavy atom. The van der Waals surface area contributed by atoms with Crippen LogP contribution in [-0.2, 0) is 22.9 Å². The topological polar surface area (TPSA) is 68.1 Å². The van der Waals surface area contributed by atoms with Crippen molar-refractivity contribution in [1.29, 1.82) is 0 Å². The number of sulfone groups is 1. The van der Waals surface area contributed by atoms with Gasteiger partial charge in [0.2, 0.25) is 0 Å². The van der Waals surface area contributed by atoms with Crippen molar-refractivity contribution in [2.45, 2.75) is 23.8 Å². The third kappa shape index (κ3) is 1.90. The largest absolute Gasteiger partial charge is 0.505 e. The lowest BCUT2D eigenvalue weighted by Crippen LogP contribution is -2.33. The van der Waals surface area contributed by atoms with Crippen LogP contribution in [0.2, 0.25) is 0 Å². The van der Waals surface area contributed by atoms with Gasteiger partial charge in [-0.2, -0.15) is 13.2 Å². The fourth-order valence-electron chi connectivity index (χ4n) is 1.55. The highest BCUT2D eigenvalue weighted by molar-refractivity contribution is 7.92. The van der Waals surface area contributed by atoms with Crippen molar-refractivity contribution in [2.24, 2.45) is 0 Å². The molecule has 0 bridgehead atoms. The van der Waals surface area contributed by atoms with Crippen LogP contribution in [0.25, 0.3) is 0 Å². The van der Waals surface area contributed by atoms with Gasteiger partial charge in [-0.1, -0.05) is 0 Å². The molecule has 0 aliphatic carbocycles. The van der Waals surface area contributed by atoms with Crippen molar-refractivity contribution in [3.8, 4) is 0 Å². The van der Waals surface area contributed by atoms with E-state index in [0.717, 1.165) is 4.57 Å². The third-order valence-corrected chi connectivity index (χ3v) is 3.85. The Balaban J connectivity index is 2.50. The molecule has 2 heterocycles. The maximum absolute atomic E-state index is 12.4. The predicted octanol–water partition coefficient (Wildman–Crippen LogP) is 0.0170. The Bertz CT molecular complexity index is 536. The van der Waals surface area contributed by atoms with E-state index in [-0.39, 0.29) is 18.9 Å². The standard InChI is InChI=1S/C7H9F3N4O2S/c1-13-2-3-14-5(4-13)11-12-6(14)17(15,16)7(8,9)10/h2-4H2,1H3. The highest BCUT2D eigenvalue weighted by Crippen LogP contribution is 2.30. The average Bonchev–Trinajstić information content (AvgIpc) is 2.58. The second-order valence-corrected chi connectivity index (χ2v) is 5.57. The van der Waals surface area contributed by atoms with Gasteiger partial charge >= 0.3 is 15.3 Å². The van der Waals surface area contributed by atoms with Crippen molar-refractivity contribution in [2.75, 3.05) is 13.6 Å². The molecular weight excluding hydrogens is 261 g/mol. The molecule has 0 amide bonds. The van der Waals surface area contributed by atoms with Crippen LogP contribution in [0.4, 0.5) is 13.2 Å². The molecule has 1 aliphatic heterocycles. The van der Waals surface area contributed by atoms with Gasteiger partial charge in [0.15, 0.2) is 0 Å². The Kier molecular flexibility index (Phi) is 2.65. The number of hydrogen-bond donors (Lipinski definition) is 0. The molecule has 0 N–H and O–H groups in total. The summed E-state index contributed by atoms with van der Waals surface area (Å²) in [5.41, 5.74) is -5.35. The first kappa shape index (κ1) is 12.3. The summed E-state index contributed by atoms with van der Waals surface area (Å²) in [7, 11) is -3.66. The normalized spacial score (nSPS) is 18.1. The quantitative estimate of drug-likeness (QED) is 0.719. The fraction of sp³-hybridized carbons (Fsp3) is 0.714. The molecule has 1 aliphatic rings. The second kappa shape index (κ2) is 3.67. The number of fused-ring (bicyclic) bond motifs is 1. The predicted molar refractivity (Wildman–Crippen MR) is 49.6 cm³/mol. The highest BCUT2D eigenvalue weighted by atomic mass is 32.2. The van der Waals surface area contributed by atoms with Gasteiger partial charge in [0, 0.05) is 13.1 Å². The molecular formula is C7H9F3N4O2S. The molecule has 2 rings (SSSR count). The van der Waals surface area contributed by atoms with Crippen molar-refractivity contribution >= 4 is 9.84 Å². The molecule has 0 atom stereocenters. The fourth-order valence-corrected chi connectivity index (χ4v) is 2.40. The number of halogens is 3. The summed E-state index contributed by atoms with van der Waals surface area (Å²) in [6.07, 6.45) is 0. The number of likely N-dealkylation sites (N-methyl/N-ethyl adjacent to an activating group) is 1. The molecule has 0 spiro atoms.